The van der Waals surface area contributed by atoms with Crippen molar-refractivity contribution in [2.45, 2.75) is 46.1 Å². The minimum absolute atomic E-state index is 0.0962. The third kappa shape index (κ3) is 2.09. The first-order chi connectivity index (χ1) is 7.99. The van der Waals surface area contributed by atoms with Gasteiger partial charge in [-0.15, -0.1) is 0 Å². The van der Waals surface area contributed by atoms with Crippen molar-refractivity contribution in [2.24, 2.45) is 17.3 Å². The van der Waals surface area contributed by atoms with Gasteiger partial charge in [0.05, 0.1) is 12.7 Å². The van der Waals surface area contributed by atoms with Gasteiger partial charge in [-0.25, -0.2) is 0 Å². The summed E-state index contributed by atoms with van der Waals surface area (Å²) in [6, 6.07) is 0. The third-order valence-corrected chi connectivity index (χ3v) is 4.69. The van der Waals surface area contributed by atoms with Gasteiger partial charge in [0, 0.05) is 5.41 Å². The molecule has 0 aromatic rings. The van der Waals surface area contributed by atoms with E-state index in [0.29, 0.717) is 18.3 Å². The van der Waals surface area contributed by atoms with E-state index in [-0.39, 0.29) is 18.1 Å². The van der Waals surface area contributed by atoms with E-state index >= 15 is 0 Å². The molecule has 2 aliphatic rings. The van der Waals surface area contributed by atoms with Crippen LogP contribution >= 0.6 is 0 Å². The number of allylic oxidation sites excluding steroid dienone is 1. The van der Waals surface area contributed by atoms with Crippen molar-refractivity contribution in [3.8, 4) is 0 Å². The van der Waals surface area contributed by atoms with E-state index < -0.39 is 0 Å². The molecule has 0 heterocycles. The lowest BCUT2D eigenvalue weighted by Crippen LogP contribution is -2.41. The number of hydrogen-bond donors (Lipinski definition) is 2. The zero-order chi connectivity index (χ0) is 12.6. The van der Waals surface area contributed by atoms with Crippen molar-refractivity contribution < 1.29 is 10.2 Å². The van der Waals surface area contributed by atoms with Gasteiger partial charge in [0.1, 0.15) is 0 Å². The lowest BCUT2D eigenvalue weighted by Gasteiger charge is -2.45. The molecule has 17 heavy (non-hydrogen) atoms. The fourth-order valence-electron chi connectivity index (χ4n) is 3.21. The van der Waals surface area contributed by atoms with Crippen LogP contribution in [0.1, 0.15) is 40.0 Å². The minimum atomic E-state index is -0.294. The highest BCUT2D eigenvalue weighted by molar-refractivity contribution is 5.42. The molecule has 2 rings (SSSR count). The summed E-state index contributed by atoms with van der Waals surface area (Å²) < 4.78 is 0. The molecule has 2 aliphatic carbocycles. The standard InChI is InChI=1S/C15H24O2/c1-10(2)11-6-7-15(3)13(8-11)12(9-16)4-5-14(15)17/h4,8,10-11,14,16-17H,5-7,9H2,1-3H3/t11?,14-,15-/m1/s1. The Kier molecular flexibility index (Phi) is 3.46. The van der Waals surface area contributed by atoms with Crippen molar-refractivity contribution in [3.63, 3.8) is 0 Å². The fourth-order valence-corrected chi connectivity index (χ4v) is 3.21. The summed E-state index contributed by atoms with van der Waals surface area (Å²) in [7, 11) is 0. The van der Waals surface area contributed by atoms with Gasteiger partial charge in [0.2, 0.25) is 0 Å². The van der Waals surface area contributed by atoms with Gasteiger partial charge in [-0.2, -0.15) is 0 Å². The van der Waals surface area contributed by atoms with E-state index in [1.54, 1.807) is 0 Å². The van der Waals surface area contributed by atoms with Gasteiger partial charge in [0.15, 0.2) is 0 Å². The molecule has 0 aromatic carbocycles. The molecular weight excluding hydrogens is 212 g/mol. The SMILES string of the molecule is CC(C)C1C=C2C(CO)=CC[C@@H](O)[C@]2(C)CC1. The van der Waals surface area contributed by atoms with Gasteiger partial charge in [-0.1, -0.05) is 32.9 Å². The van der Waals surface area contributed by atoms with Gasteiger partial charge in [0.25, 0.3) is 0 Å². The maximum absolute atomic E-state index is 10.2. The van der Waals surface area contributed by atoms with Crippen molar-refractivity contribution in [1.82, 2.24) is 0 Å². The Morgan fingerprint density at radius 3 is 2.76 bits per heavy atom. The van der Waals surface area contributed by atoms with E-state index in [4.69, 9.17) is 0 Å². The predicted molar refractivity (Wildman–Crippen MR) is 69.5 cm³/mol. The number of aliphatic hydroxyl groups is 2. The van der Waals surface area contributed by atoms with Gasteiger partial charge in [-0.3, -0.25) is 0 Å². The van der Waals surface area contributed by atoms with Gasteiger partial charge < -0.3 is 10.2 Å². The van der Waals surface area contributed by atoms with Crippen LogP contribution < -0.4 is 0 Å². The van der Waals surface area contributed by atoms with Crippen LogP contribution in [0.15, 0.2) is 23.3 Å². The molecule has 2 N–H and O–H groups in total. The zero-order valence-electron chi connectivity index (χ0n) is 11.1. The van der Waals surface area contributed by atoms with Crippen LogP contribution in [0.5, 0.6) is 0 Å². The summed E-state index contributed by atoms with van der Waals surface area (Å²) >= 11 is 0. The van der Waals surface area contributed by atoms with E-state index in [2.05, 4.69) is 26.8 Å². The second-order valence-corrected chi connectivity index (χ2v) is 6.08. The van der Waals surface area contributed by atoms with Crippen LogP contribution in [-0.2, 0) is 0 Å². The molecule has 0 saturated carbocycles. The number of hydrogen-bond acceptors (Lipinski definition) is 2. The van der Waals surface area contributed by atoms with Crippen molar-refractivity contribution in [3.05, 3.63) is 23.3 Å². The quantitative estimate of drug-likeness (QED) is 0.774. The molecule has 0 amide bonds. The van der Waals surface area contributed by atoms with E-state index in [9.17, 15) is 10.2 Å². The summed E-state index contributed by atoms with van der Waals surface area (Å²) in [4.78, 5) is 0. The number of aliphatic hydroxyl groups excluding tert-OH is 2. The first-order valence-corrected chi connectivity index (χ1v) is 6.69. The van der Waals surface area contributed by atoms with Crippen LogP contribution in [0, 0.1) is 17.3 Å². The van der Waals surface area contributed by atoms with Crippen LogP contribution in [-0.4, -0.2) is 22.9 Å². The lowest BCUT2D eigenvalue weighted by molar-refractivity contribution is 0.0431. The van der Waals surface area contributed by atoms with Crippen LogP contribution in [0.4, 0.5) is 0 Å². The van der Waals surface area contributed by atoms with Crippen LogP contribution in [0.3, 0.4) is 0 Å². The molecule has 0 aliphatic heterocycles. The Balaban J connectivity index is 2.40. The van der Waals surface area contributed by atoms with E-state index in [1.807, 2.05) is 6.08 Å². The molecule has 0 bridgehead atoms. The zero-order valence-corrected chi connectivity index (χ0v) is 11.1. The summed E-state index contributed by atoms with van der Waals surface area (Å²) in [5, 5.41) is 19.7. The second kappa shape index (κ2) is 4.58. The summed E-state index contributed by atoms with van der Waals surface area (Å²) in [5.41, 5.74) is 2.09. The van der Waals surface area contributed by atoms with E-state index in [1.165, 1.54) is 5.57 Å². The average Bonchev–Trinajstić information content (AvgIpc) is 2.30. The summed E-state index contributed by atoms with van der Waals surface area (Å²) in [5.74, 6) is 1.21. The van der Waals surface area contributed by atoms with Crippen molar-refractivity contribution in [2.75, 3.05) is 6.61 Å². The van der Waals surface area contributed by atoms with Crippen LogP contribution in [0.25, 0.3) is 0 Å². The normalized spacial score (nSPS) is 37.5. The topological polar surface area (TPSA) is 40.5 Å². The minimum Gasteiger partial charge on any atom is -0.392 e. The Labute approximate surface area is 104 Å². The van der Waals surface area contributed by atoms with Crippen molar-refractivity contribution in [1.29, 1.82) is 0 Å². The highest BCUT2D eigenvalue weighted by atomic mass is 16.3. The van der Waals surface area contributed by atoms with Crippen molar-refractivity contribution >= 4 is 0 Å². The summed E-state index contributed by atoms with van der Waals surface area (Å²) in [6.07, 6.45) is 6.86. The molecule has 0 spiro atoms. The number of fused-ring (bicyclic) bond motifs is 1. The third-order valence-electron chi connectivity index (χ3n) is 4.69. The molecular formula is C15H24O2. The lowest BCUT2D eigenvalue weighted by atomic mass is 9.61. The first kappa shape index (κ1) is 12.8. The van der Waals surface area contributed by atoms with Crippen LogP contribution in [0.2, 0.25) is 0 Å². The average molecular weight is 236 g/mol. The van der Waals surface area contributed by atoms with E-state index in [0.717, 1.165) is 18.4 Å². The molecule has 0 radical (unpaired) electrons. The smallest absolute Gasteiger partial charge is 0.0681 e. The highest BCUT2D eigenvalue weighted by Gasteiger charge is 2.43. The maximum Gasteiger partial charge on any atom is 0.0681 e. The predicted octanol–water partition coefficient (Wildman–Crippen LogP) is 2.67. The fraction of sp³-hybridized carbons (Fsp3) is 0.733. The Morgan fingerprint density at radius 1 is 1.47 bits per heavy atom. The molecule has 3 atom stereocenters. The molecule has 2 nitrogen and oxygen atoms in total. The second-order valence-electron chi connectivity index (χ2n) is 6.08. The van der Waals surface area contributed by atoms with Gasteiger partial charge >= 0.3 is 0 Å². The molecule has 2 heteroatoms. The molecule has 0 aromatic heterocycles. The Morgan fingerprint density at radius 2 is 2.18 bits per heavy atom. The molecule has 96 valence electrons. The Bertz CT molecular complexity index is 354. The Hall–Kier alpha value is -0.600. The first-order valence-electron chi connectivity index (χ1n) is 6.69. The monoisotopic (exact) mass is 236 g/mol. The number of rotatable bonds is 2. The molecule has 0 saturated heterocycles. The molecule has 0 fully saturated rings. The largest absolute Gasteiger partial charge is 0.392 e. The molecule has 1 unspecified atom stereocenters. The summed E-state index contributed by atoms with van der Waals surface area (Å²) in [6.45, 7) is 6.72. The maximum atomic E-state index is 10.2. The van der Waals surface area contributed by atoms with Gasteiger partial charge in [-0.05, 0) is 42.2 Å². The highest BCUT2D eigenvalue weighted by Crippen LogP contribution is 2.49.